The van der Waals surface area contributed by atoms with E-state index in [-0.39, 0.29) is 23.4 Å². The van der Waals surface area contributed by atoms with Gasteiger partial charge in [0.1, 0.15) is 22.3 Å². The van der Waals surface area contributed by atoms with Gasteiger partial charge in [-0.3, -0.25) is 14.5 Å². The zero-order valence-corrected chi connectivity index (χ0v) is 19.7. The molecule has 0 N–H and O–H groups in total. The highest BCUT2D eigenvalue weighted by atomic mass is 32.1. The Kier molecular flexibility index (Phi) is 7.64. The lowest BCUT2D eigenvalue weighted by molar-refractivity contribution is -0.130. The number of nitrogens with zero attached hydrogens (tertiary/aromatic N) is 4. The lowest BCUT2D eigenvalue weighted by atomic mass is 10.1. The molecule has 0 aliphatic carbocycles. The summed E-state index contributed by atoms with van der Waals surface area (Å²) in [6.45, 7) is 5.17. The van der Waals surface area contributed by atoms with E-state index >= 15 is 0 Å². The maximum Gasteiger partial charge on any atom is 0.273 e. The van der Waals surface area contributed by atoms with E-state index in [1.165, 1.54) is 42.5 Å². The lowest BCUT2D eigenvalue weighted by Crippen LogP contribution is -2.50. The van der Waals surface area contributed by atoms with Crippen molar-refractivity contribution in [3.63, 3.8) is 0 Å². The van der Waals surface area contributed by atoms with E-state index in [0.717, 1.165) is 16.1 Å². The van der Waals surface area contributed by atoms with E-state index < -0.39 is 0 Å². The summed E-state index contributed by atoms with van der Waals surface area (Å²) in [6.07, 6.45) is 0. The van der Waals surface area contributed by atoms with E-state index in [1.807, 2.05) is 0 Å². The molecule has 6 nitrogen and oxygen atoms in total. The normalized spacial score (nSPS) is 14.0. The predicted octanol–water partition coefficient (Wildman–Crippen LogP) is 3.93. The van der Waals surface area contributed by atoms with Crippen LogP contribution in [0, 0.1) is 11.6 Å². The van der Waals surface area contributed by atoms with E-state index in [0.29, 0.717) is 51.5 Å². The second kappa shape index (κ2) is 10.8. The highest BCUT2D eigenvalue weighted by molar-refractivity contribution is 7.09. The second-order valence-electron chi connectivity index (χ2n) is 8.32. The summed E-state index contributed by atoms with van der Waals surface area (Å²) in [7, 11) is 0. The van der Waals surface area contributed by atoms with Gasteiger partial charge in [0, 0.05) is 51.6 Å². The number of aromatic nitrogens is 1. The molecular formula is C25H26F2N4O2S. The molecule has 0 radical (unpaired) electrons. The third kappa shape index (κ3) is 6.24. The van der Waals surface area contributed by atoms with Crippen molar-refractivity contribution in [2.45, 2.75) is 26.6 Å². The van der Waals surface area contributed by atoms with Gasteiger partial charge in [0.2, 0.25) is 5.91 Å². The molecule has 0 saturated carbocycles. The third-order valence-electron chi connectivity index (χ3n) is 5.78. The Morgan fingerprint density at radius 1 is 0.853 bits per heavy atom. The summed E-state index contributed by atoms with van der Waals surface area (Å²) in [5.41, 5.74) is 2.29. The molecule has 3 aromatic rings. The minimum absolute atomic E-state index is 0.0189. The standard InChI is InChI=1S/C25H26F2N4O2S/c1-18(32)30-10-12-31(13-11-30)25(33)23-17-34-24(28-23)16-29(14-19-2-6-21(26)7-3-19)15-20-4-8-22(27)9-5-20/h2-9,17H,10-16H2,1H3. The van der Waals surface area contributed by atoms with Crippen LogP contribution in [0.25, 0.3) is 0 Å². The average Bonchev–Trinajstić information content (AvgIpc) is 3.30. The summed E-state index contributed by atoms with van der Waals surface area (Å²) in [5.74, 6) is -0.693. The van der Waals surface area contributed by atoms with Crippen molar-refractivity contribution in [3.05, 3.63) is 87.4 Å². The largest absolute Gasteiger partial charge is 0.339 e. The van der Waals surface area contributed by atoms with Gasteiger partial charge < -0.3 is 9.80 Å². The summed E-state index contributed by atoms with van der Waals surface area (Å²) >= 11 is 1.42. The number of hydrogen-bond donors (Lipinski definition) is 0. The van der Waals surface area contributed by atoms with E-state index in [4.69, 9.17) is 0 Å². The fourth-order valence-electron chi connectivity index (χ4n) is 3.92. The Bertz CT molecular complexity index is 1080. The Morgan fingerprint density at radius 2 is 1.35 bits per heavy atom. The second-order valence-corrected chi connectivity index (χ2v) is 9.27. The van der Waals surface area contributed by atoms with Gasteiger partial charge in [-0.05, 0) is 35.4 Å². The van der Waals surface area contributed by atoms with Gasteiger partial charge >= 0.3 is 0 Å². The highest BCUT2D eigenvalue weighted by Gasteiger charge is 2.25. The van der Waals surface area contributed by atoms with Crippen LogP contribution >= 0.6 is 11.3 Å². The zero-order chi connectivity index (χ0) is 24.1. The minimum atomic E-state index is -0.291. The molecule has 2 aromatic carbocycles. The molecule has 1 aliphatic rings. The predicted molar refractivity (Wildman–Crippen MR) is 126 cm³/mol. The van der Waals surface area contributed by atoms with Crippen LogP contribution in [0.3, 0.4) is 0 Å². The van der Waals surface area contributed by atoms with E-state index in [1.54, 1.807) is 39.4 Å². The summed E-state index contributed by atoms with van der Waals surface area (Å²) in [6, 6.07) is 12.7. The van der Waals surface area contributed by atoms with Crippen LogP contribution in [0.4, 0.5) is 8.78 Å². The molecule has 1 aromatic heterocycles. The fourth-order valence-corrected chi connectivity index (χ4v) is 4.73. The van der Waals surface area contributed by atoms with Gasteiger partial charge in [-0.1, -0.05) is 24.3 Å². The van der Waals surface area contributed by atoms with Gasteiger partial charge in [0.05, 0.1) is 6.54 Å². The van der Waals surface area contributed by atoms with Crippen LogP contribution < -0.4 is 0 Å². The fraction of sp³-hybridized carbons (Fsp3) is 0.320. The zero-order valence-electron chi connectivity index (χ0n) is 18.9. The van der Waals surface area contributed by atoms with Crippen LogP contribution in [0.15, 0.2) is 53.9 Å². The number of halogens is 2. The van der Waals surface area contributed by atoms with E-state index in [9.17, 15) is 18.4 Å². The topological polar surface area (TPSA) is 56.8 Å². The van der Waals surface area contributed by atoms with Crippen molar-refractivity contribution in [2.75, 3.05) is 26.2 Å². The van der Waals surface area contributed by atoms with Gasteiger partial charge in [-0.25, -0.2) is 13.8 Å². The molecule has 1 fully saturated rings. The number of hydrogen-bond acceptors (Lipinski definition) is 5. The maximum atomic E-state index is 13.3. The third-order valence-corrected chi connectivity index (χ3v) is 6.61. The van der Waals surface area contributed by atoms with Crippen molar-refractivity contribution in [2.24, 2.45) is 0 Å². The molecule has 4 rings (SSSR count). The van der Waals surface area contributed by atoms with Crippen molar-refractivity contribution in [3.8, 4) is 0 Å². The van der Waals surface area contributed by atoms with Crippen LogP contribution in [-0.2, 0) is 24.4 Å². The van der Waals surface area contributed by atoms with Crippen molar-refractivity contribution in [1.82, 2.24) is 19.7 Å². The van der Waals surface area contributed by atoms with Gasteiger partial charge in [-0.2, -0.15) is 0 Å². The maximum absolute atomic E-state index is 13.3. The molecule has 9 heteroatoms. The summed E-state index contributed by atoms with van der Waals surface area (Å²) in [5, 5.41) is 2.55. The molecular weight excluding hydrogens is 458 g/mol. The van der Waals surface area contributed by atoms with Crippen LogP contribution in [0.5, 0.6) is 0 Å². The molecule has 1 saturated heterocycles. The van der Waals surface area contributed by atoms with Crippen LogP contribution in [0.1, 0.15) is 33.5 Å². The summed E-state index contributed by atoms with van der Waals surface area (Å²) < 4.78 is 26.7. The monoisotopic (exact) mass is 484 g/mol. The first-order valence-corrected chi connectivity index (χ1v) is 12.0. The van der Waals surface area contributed by atoms with Gasteiger partial charge in [-0.15, -0.1) is 11.3 Å². The number of carbonyl (C=O) groups excluding carboxylic acids is 2. The number of carbonyl (C=O) groups is 2. The molecule has 1 aliphatic heterocycles. The summed E-state index contributed by atoms with van der Waals surface area (Å²) in [4.78, 5) is 34.6. The van der Waals surface area contributed by atoms with Crippen molar-refractivity contribution >= 4 is 23.2 Å². The molecule has 0 atom stereocenters. The lowest BCUT2D eigenvalue weighted by Gasteiger charge is -2.33. The van der Waals surface area contributed by atoms with Crippen molar-refractivity contribution < 1.29 is 18.4 Å². The van der Waals surface area contributed by atoms with Gasteiger partial charge in [0.15, 0.2) is 0 Å². The van der Waals surface area contributed by atoms with Crippen LogP contribution in [-0.4, -0.2) is 57.7 Å². The molecule has 2 amide bonds. The molecule has 178 valence electrons. The Hall–Kier alpha value is -3.17. The van der Waals surface area contributed by atoms with Gasteiger partial charge in [0.25, 0.3) is 5.91 Å². The number of rotatable bonds is 7. The van der Waals surface area contributed by atoms with Crippen molar-refractivity contribution in [1.29, 1.82) is 0 Å². The Labute approximate surface area is 201 Å². The Morgan fingerprint density at radius 3 is 1.85 bits per heavy atom. The smallest absolute Gasteiger partial charge is 0.273 e. The number of thiazole rings is 1. The number of benzene rings is 2. The number of piperazine rings is 1. The Balaban J connectivity index is 1.44. The van der Waals surface area contributed by atoms with Crippen LogP contribution in [0.2, 0.25) is 0 Å². The molecule has 0 spiro atoms. The first-order chi connectivity index (χ1) is 16.4. The molecule has 0 unspecified atom stereocenters. The first kappa shape index (κ1) is 24.0. The van der Waals surface area contributed by atoms with E-state index in [2.05, 4.69) is 9.88 Å². The molecule has 2 heterocycles. The first-order valence-electron chi connectivity index (χ1n) is 11.1. The number of amides is 2. The average molecular weight is 485 g/mol. The molecule has 0 bridgehead atoms. The quantitative estimate of drug-likeness (QED) is 0.510. The minimum Gasteiger partial charge on any atom is -0.339 e. The highest BCUT2D eigenvalue weighted by Crippen LogP contribution is 2.19. The SMILES string of the molecule is CC(=O)N1CCN(C(=O)c2csc(CN(Cc3ccc(F)cc3)Cc3ccc(F)cc3)n2)CC1. The molecule has 34 heavy (non-hydrogen) atoms.